The number of nitrogens with zero attached hydrogens (tertiary/aromatic N) is 1. The molecule has 4 unspecified atom stereocenters. The third kappa shape index (κ3) is 4.28. The van der Waals surface area contributed by atoms with Gasteiger partial charge in [0.05, 0.1) is 12.1 Å². The van der Waals surface area contributed by atoms with Crippen LogP contribution in [0.1, 0.15) is 42.5 Å². The van der Waals surface area contributed by atoms with E-state index in [0.29, 0.717) is 10.8 Å². The average molecular weight is 460 g/mol. The van der Waals surface area contributed by atoms with E-state index in [9.17, 15) is 9.59 Å². The molecule has 4 atom stereocenters. The normalized spacial score (nSPS) is 24.4. The van der Waals surface area contributed by atoms with Crippen LogP contribution in [0, 0.1) is 11.8 Å². The summed E-state index contributed by atoms with van der Waals surface area (Å²) in [6.45, 7) is -0.0953. The van der Waals surface area contributed by atoms with Crippen molar-refractivity contribution in [3.63, 3.8) is 0 Å². The minimum Gasteiger partial charge on any atom is -0.484 e. The predicted molar refractivity (Wildman–Crippen MR) is 128 cm³/mol. The number of fused-ring (bicyclic) bond motifs is 2. The van der Waals surface area contributed by atoms with Gasteiger partial charge in [-0.1, -0.05) is 78.7 Å². The fraction of sp³-hybridized carbons (Fsp3) is 0.286. The Bertz CT molecular complexity index is 1060. The SMILES string of the molecule is O=C1C2CCCC1C(c1ccccc1)N(C(=O)COc1ccc(Cl)cc1)C2c1ccccc1. The van der Waals surface area contributed by atoms with E-state index >= 15 is 0 Å². The summed E-state index contributed by atoms with van der Waals surface area (Å²) in [4.78, 5) is 29.3. The van der Waals surface area contributed by atoms with Gasteiger partial charge >= 0.3 is 0 Å². The van der Waals surface area contributed by atoms with Crippen LogP contribution in [-0.4, -0.2) is 23.2 Å². The Hall–Kier alpha value is -3.11. The van der Waals surface area contributed by atoms with Gasteiger partial charge in [-0.3, -0.25) is 9.59 Å². The van der Waals surface area contributed by atoms with Crippen LogP contribution in [0.2, 0.25) is 5.02 Å². The molecule has 2 aliphatic rings. The number of amides is 1. The molecule has 3 aromatic rings. The molecule has 1 saturated carbocycles. The van der Waals surface area contributed by atoms with Crippen LogP contribution in [-0.2, 0) is 9.59 Å². The molecule has 2 fully saturated rings. The first-order chi connectivity index (χ1) is 16.1. The van der Waals surface area contributed by atoms with Gasteiger partial charge in [0.2, 0.25) is 0 Å². The first kappa shape index (κ1) is 21.7. The van der Waals surface area contributed by atoms with Crippen LogP contribution >= 0.6 is 11.6 Å². The number of carbonyl (C=O) groups is 2. The maximum Gasteiger partial charge on any atom is 0.261 e. The Morgan fingerprint density at radius 2 is 1.33 bits per heavy atom. The lowest BCUT2D eigenvalue weighted by Gasteiger charge is -2.52. The van der Waals surface area contributed by atoms with Gasteiger partial charge in [-0.25, -0.2) is 0 Å². The lowest BCUT2D eigenvalue weighted by molar-refractivity contribution is -0.157. The van der Waals surface area contributed by atoms with Crippen molar-refractivity contribution >= 4 is 23.3 Å². The van der Waals surface area contributed by atoms with E-state index in [1.807, 2.05) is 65.6 Å². The minimum absolute atomic E-state index is 0.0953. The van der Waals surface area contributed by atoms with E-state index in [0.717, 1.165) is 30.4 Å². The number of Topliss-reactive ketones (excluding diaryl/α,β-unsaturated/α-hetero) is 1. The zero-order valence-corrected chi connectivity index (χ0v) is 19.0. The third-order valence-electron chi connectivity index (χ3n) is 6.87. The van der Waals surface area contributed by atoms with Crippen molar-refractivity contribution in [3.8, 4) is 5.75 Å². The maximum atomic E-state index is 13.8. The summed E-state index contributed by atoms with van der Waals surface area (Å²) in [5, 5.41) is 0.615. The van der Waals surface area contributed by atoms with Crippen molar-refractivity contribution in [1.82, 2.24) is 4.90 Å². The summed E-state index contributed by atoms with van der Waals surface area (Å²) in [5.74, 6) is 0.383. The van der Waals surface area contributed by atoms with Gasteiger partial charge in [-0.15, -0.1) is 0 Å². The molecule has 33 heavy (non-hydrogen) atoms. The van der Waals surface area contributed by atoms with Crippen LogP contribution in [0.3, 0.4) is 0 Å². The zero-order chi connectivity index (χ0) is 22.8. The molecule has 1 heterocycles. The Morgan fingerprint density at radius 1 is 0.818 bits per heavy atom. The molecule has 4 nitrogen and oxygen atoms in total. The smallest absolute Gasteiger partial charge is 0.261 e. The van der Waals surface area contributed by atoms with Crippen molar-refractivity contribution in [1.29, 1.82) is 0 Å². The van der Waals surface area contributed by atoms with E-state index in [2.05, 4.69) is 0 Å². The summed E-state index contributed by atoms with van der Waals surface area (Å²) >= 11 is 5.98. The Kier molecular flexibility index (Phi) is 6.19. The van der Waals surface area contributed by atoms with Gasteiger partial charge in [0.25, 0.3) is 5.91 Å². The van der Waals surface area contributed by atoms with Crippen molar-refractivity contribution in [3.05, 3.63) is 101 Å². The lowest BCUT2D eigenvalue weighted by Crippen LogP contribution is -2.55. The van der Waals surface area contributed by atoms with Gasteiger partial charge in [0.15, 0.2) is 6.61 Å². The molecular weight excluding hydrogens is 434 g/mol. The Balaban J connectivity index is 1.54. The van der Waals surface area contributed by atoms with Gasteiger partial charge < -0.3 is 9.64 Å². The number of piperidine rings is 1. The van der Waals surface area contributed by atoms with Crippen molar-refractivity contribution in [2.45, 2.75) is 31.3 Å². The number of ether oxygens (including phenoxy) is 1. The molecule has 1 aliphatic carbocycles. The highest BCUT2D eigenvalue weighted by Gasteiger charge is 2.52. The second-order valence-corrected chi connectivity index (χ2v) is 9.24. The van der Waals surface area contributed by atoms with E-state index < -0.39 is 0 Å². The summed E-state index contributed by atoms with van der Waals surface area (Å²) in [6, 6.07) is 26.3. The molecule has 1 aliphatic heterocycles. The molecule has 0 radical (unpaired) electrons. The van der Waals surface area contributed by atoms with Gasteiger partial charge in [0, 0.05) is 16.9 Å². The second-order valence-electron chi connectivity index (χ2n) is 8.80. The fourth-order valence-electron chi connectivity index (χ4n) is 5.45. The van der Waals surface area contributed by atoms with Crippen LogP contribution in [0.5, 0.6) is 5.75 Å². The quantitative estimate of drug-likeness (QED) is 0.468. The molecule has 2 bridgehead atoms. The van der Waals surface area contributed by atoms with E-state index in [1.165, 1.54) is 0 Å². The average Bonchev–Trinajstić information content (AvgIpc) is 2.84. The predicted octanol–water partition coefficient (Wildman–Crippen LogP) is 6.03. The first-order valence-corrected chi connectivity index (χ1v) is 11.8. The minimum atomic E-state index is -0.304. The van der Waals surface area contributed by atoms with Crippen molar-refractivity contribution < 1.29 is 14.3 Å². The second kappa shape index (κ2) is 9.40. The summed E-state index contributed by atoms with van der Waals surface area (Å²) in [5.41, 5.74) is 1.99. The number of halogens is 1. The lowest BCUT2D eigenvalue weighted by atomic mass is 9.66. The van der Waals surface area contributed by atoms with Gasteiger partial charge in [-0.2, -0.15) is 0 Å². The molecule has 0 N–H and O–H groups in total. The highest BCUT2D eigenvalue weighted by atomic mass is 35.5. The molecule has 1 amide bonds. The molecule has 3 aromatic carbocycles. The van der Waals surface area contributed by atoms with Gasteiger partial charge in [-0.05, 0) is 48.2 Å². The molecule has 168 valence electrons. The molecule has 5 heteroatoms. The highest BCUT2D eigenvalue weighted by Crippen LogP contribution is 2.51. The fourth-order valence-corrected chi connectivity index (χ4v) is 5.58. The summed E-state index contributed by atoms with van der Waals surface area (Å²) in [7, 11) is 0. The van der Waals surface area contributed by atoms with Crippen molar-refractivity contribution in [2.75, 3.05) is 6.61 Å². The summed E-state index contributed by atoms with van der Waals surface area (Å²) < 4.78 is 5.86. The van der Waals surface area contributed by atoms with E-state index in [4.69, 9.17) is 16.3 Å². The van der Waals surface area contributed by atoms with E-state index in [1.54, 1.807) is 24.3 Å². The number of benzene rings is 3. The monoisotopic (exact) mass is 459 g/mol. The topological polar surface area (TPSA) is 46.6 Å². The van der Waals surface area contributed by atoms with Crippen LogP contribution in [0.15, 0.2) is 84.9 Å². The standard InChI is InChI=1S/C28H26ClNO3/c29-21-14-16-22(17-15-21)33-18-25(31)30-26(19-8-3-1-4-9-19)23-12-7-13-24(28(23)32)27(30)20-10-5-2-6-11-20/h1-6,8-11,14-17,23-24,26-27H,7,12-13,18H2. The number of hydrogen-bond acceptors (Lipinski definition) is 3. The molecule has 5 rings (SSSR count). The number of ketones is 1. The van der Waals surface area contributed by atoms with Crippen LogP contribution in [0.25, 0.3) is 0 Å². The molecule has 0 spiro atoms. The molecular formula is C28H26ClNO3. The van der Waals surface area contributed by atoms with Crippen LogP contribution in [0.4, 0.5) is 0 Å². The largest absolute Gasteiger partial charge is 0.484 e. The van der Waals surface area contributed by atoms with Gasteiger partial charge in [0.1, 0.15) is 11.5 Å². The number of rotatable bonds is 5. The number of likely N-dealkylation sites (tertiary alicyclic amines) is 1. The Labute approximate surface area is 199 Å². The molecule has 0 aromatic heterocycles. The molecule has 1 saturated heterocycles. The first-order valence-electron chi connectivity index (χ1n) is 11.5. The van der Waals surface area contributed by atoms with E-state index in [-0.39, 0.29) is 42.2 Å². The zero-order valence-electron chi connectivity index (χ0n) is 18.3. The van der Waals surface area contributed by atoms with Crippen molar-refractivity contribution in [2.24, 2.45) is 11.8 Å². The highest BCUT2D eigenvalue weighted by molar-refractivity contribution is 6.30. The summed E-state index contributed by atoms with van der Waals surface area (Å²) in [6.07, 6.45) is 2.60. The third-order valence-corrected chi connectivity index (χ3v) is 7.12. The number of carbonyl (C=O) groups excluding carboxylic acids is 2. The Morgan fingerprint density at radius 3 is 1.85 bits per heavy atom. The van der Waals surface area contributed by atoms with Crippen LogP contribution < -0.4 is 4.74 Å². The maximum absolute atomic E-state index is 13.8. The number of hydrogen-bond donors (Lipinski definition) is 0.